The third-order valence-electron chi connectivity index (χ3n) is 2.41. The highest BCUT2D eigenvalue weighted by Gasteiger charge is 2.10. The predicted octanol–water partition coefficient (Wildman–Crippen LogP) is 1.93. The van der Waals surface area contributed by atoms with Gasteiger partial charge in [0.15, 0.2) is 5.78 Å². The molecule has 1 aromatic rings. The summed E-state index contributed by atoms with van der Waals surface area (Å²) < 4.78 is 18.4. The number of benzene rings is 1. The van der Waals surface area contributed by atoms with E-state index in [9.17, 15) is 14.0 Å². The van der Waals surface area contributed by atoms with Crippen molar-refractivity contribution in [3.8, 4) is 5.75 Å². The molecule has 1 rings (SSSR count). The van der Waals surface area contributed by atoms with Gasteiger partial charge in [0.25, 0.3) is 0 Å². The Morgan fingerprint density at radius 3 is 2.72 bits per heavy atom. The lowest BCUT2D eigenvalue weighted by Crippen LogP contribution is -2.18. The van der Waals surface area contributed by atoms with Gasteiger partial charge in [0.2, 0.25) is 5.91 Å². The first-order chi connectivity index (χ1) is 8.54. The van der Waals surface area contributed by atoms with Gasteiger partial charge in [0.1, 0.15) is 11.6 Å². The van der Waals surface area contributed by atoms with E-state index in [1.165, 1.54) is 19.1 Å². The van der Waals surface area contributed by atoms with E-state index in [0.29, 0.717) is 25.2 Å². The minimum Gasteiger partial charge on any atom is -0.493 e. The summed E-state index contributed by atoms with van der Waals surface area (Å²) >= 11 is 0. The van der Waals surface area contributed by atoms with Crippen molar-refractivity contribution in [1.29, 1.82) is 0 Å². The van der Waals surface area contributed by atoms with Crippen LogP contribution >= 0.6 is 0 Å². The minimum absolute atomic E-state index is 0.0653. The second-order valence-corrected chi connectivity index (χ2v) is 3.82. The average Bonchev–Trinajstić information content (AvgIpc) is 2.35. The van der Waals surface area contributed by atoms with Gasteiger partial charge in [0, 0.05) is 13.5 Å². The van der Waals surface area contributed by atoms with Gasteiger partial charge in [-0.2, -0.15) is 0 Å². The first kappa shape index (κ1) is 14.2. The van der Waals surface area contributed by atoms with Crippen LogP contribution in [0.25, 0.3) is 0 Å². The Morgan fingerprint density at radius 1 is 1.39 bits per heavy atom. The largest absolute Gasteiger partial charge is 0.493 e. The summed E-state index contributed by atoms with van der Waals surface area (Å²) in [7, 11) is 1.57. The molecule has 0 aliphatic carbocycles. The number of hydrogen-bond acceptors (Lipinski definition) is 3. The summed E-state index contributed by atoms with van der Waals surface area (Å²) in [6.07, 6.45) is 0.890. The average molecular weight is 253 g/mol. The molecule has 0 radical (unpaired) electrons. The number of hydrogen-bond donors (Lipinski definition) is 1. The Bertz CT molecular complexity index is 446. The summed E-state index contributed by atoms with van der Waals surface area (Å²) in [5.74, 6) is -0.445. The van der Waals surface area contributed by atoms with E-state index in [0.717, 1.165) is 6.07 Å². The van der Waals surface area contributed by atoms with Crippen LogP contribution in [0.15, 0.2) is 18.2 Å². The second kappa shape index (κ2) is 6.74. The Morgan fingerprint density at radius 2 is 2.11 bits per heavy atom. The van der Waals surface area contributed by atoms with Crippen molar-refractivity contribution in [1.82, 2.24) is 5.32 Å². The molecule has 0 heterocycles. The molecule has 18 heavy (non-hydrogen) atoms. The van der Waals surface area contributed by atoms with E-state index in [1.807, 2.05) is 0 Å². The number of Topliss-reactive ketones (excluding diaryl/α,β-unsaturated/α-hetero) is 1. The maximum absolute atomic E-state index is 13.0. The van der Waals surface area contributed by atoms with E-state index in [-0.39, 0.29) is 17.3 Å². The van der Waals surface area contributed by atoms with E-state index in [4.69, 9.17) is 4.74 Å². The number of carbonyl (C=O) groups excluding carboxylic acids is 2. The molecule has 0 aliphatic heterocycles. The van der Waals surface area contributed by atoms with Crippen LogP contribution in [-0.2, 0) is 4.79 Å². The van der Waals surface area contributed by atoms with Gasteiger partial charge < -0.3 is 10.1 Å². The van der Waals surface area contributed by atoms with Gasteiger partial charge in [-0.15, -0.1) is 0 Å². The third-order valence-corrected chi connectivity index (χ3v) is 2.41. The standard InChI is InChI=1S/C13H16FNO3/c1-9(16)11-8-10(14)5-6-12(11)18-7-3-4-13(17)15-2/h5-6,8H,3-4,7H2,1-2H3,(H,15,17). The predicted molar refractivity (Wildman–Crippen MR) is 65.2 cm³/mol. The zero-order valence-electron chi connectivity index (χ0n) is 10.5. The molecule has 0 unspecified atom stereocenters. The lowest BCUT2D eigenvalue weighted by atomic mass is 10.1. The van der Waals surface area contributed by atoms with Crippen LogP contribution in [-0.4, -0.2) is 25.3 Å². The fourth-order valence-electron chi connectivity index (χ4n) is 1.44. The summed E-state index contributed by atoms with van der Waals surface area (Å²) in [5.41, 5.74) is 0.218. The van der Waals surface area contributed by atoms with Crippen molar-refractivity contribution >= 4 is 11.7 Å². The van der Waals surface area contributed by atoms with Gasteiger partial charge in [-0.3, -0.25) is 9.59 Å². The van der Waals surface area contributed by atoms with Crippen LogP contribution in [0, 0.1) is 5.82 Å². The van der Waals surface area contributed by atoms with E-state index in [2.05, 4.69) is 5.32 Å². The molecule has 1 aromatic carbocycles. The highest BCUT2D eigenvalue weighted by Crippen LogP contribution is 2.20. The summed E-state index contributed by atoms with van der Waals surface area (Å²) in [5, 5.41) is 2.50. The fourth-order valence-corrected chi connectivity index (χ4v) is 1.44. The topological polar surface area (TPSA) is 55.4 Å². The van der Waals surface area contributed by atoms with E-state index < -0.39 is 5.82 Å². The zero-order valence-corrected chi connectivity index (χ0v) is 10.5. The van der Waals surface area contributed by atoms with Crippen molar-refractivity contribution in [2.24, 2.45) is 0 Å². The molecule has 0 saturated heterocycles. The van der Waals surface area contributed by atoms with Crippen molar-refractivity contribution in [3.63, 3.8) is 0 Å². The maximum Gasteiger partial charge on any atom is 0.219 e. The quantitative estimate of drug-likeness (QED) is 0.622. The molecule has 0 saturated carbocycles. The first-order valence-electron chi connectivity index (χ1n) is 5.68. The smallest absolute Gasteiger partial charge is 0.219 e. The number of halogens is 1. The highest BCUT2D eigenvalue weighted by molar-refractivity contribution is 5.96. The molecule has 0 atom stereocenters. The van der Waals surface area contributed by atoms with E-state index in [1.54, 1.807) is 7.05 Å². The van der Waals surface area contributed by atoms with Crippen LogP contribution in [0.3, 0.4) is 0 Å². The number of ether oxygens (including phenoxy) is 1. The Kier molecular flexibility index (Phi) is 5.30. The normalized spacial score (nSPS) is 9.94. The van der Waals surface area contributed by atoms with Crippen molar-refractivity contribution in [2.75, 3.05) is 13.7 Å². The van der Waals surface area contributed by atoms with Crippen LogP contribution in [0.1, 0.15) is 30.1 Å². The molecule has 0 fully saturated rings. The second-order valence-electron chi connectivity index (χ2n) is 3.82. The van der Waals surface area contributed by atoms with Gasteiger partial charge >= 0.3 is 0 Å². The Labute approximate surface area is 105 Å². The van der Waals surface area contributed by atoms with Crippen LogP contribution < -0.4 is 10.1 Å². The Balaban J connectivity index is 2.56. The molecule has 0 bridgehead atoms. The van der Waals surface area contributed by atoms with Crippen LogP contribution in [0.5, 0.6) is 5.75 Å². The molecule has 1 N–H and O–H groups in total. The van der Waals surface area contributed by atoms with Gasteiger partial charge in [-0.1, -0.05) is 0 Å². The lowest BCUT2D eigenvalue weighted by molar-refractivity contribution is -0.120. The molecule has 4 nitrogen and oxygen atoms in total. The molecule has 0 aliphatic rings. The van der Waals surface area contributed by atoms with Crippen molar-refractivity contribution in [2.45, 2.75) is 19.8 Å². The Hall–Kier alpha value is -1.91. The van der Waals surface area contributed by atoms with Crippen molar-refractivity contribution in [3.05, 3.63) is 29.6 Å². The van der Waals surface area contributed by atoms with Crippen molar-refractivity contribution < 1.29 is 18.7 Å². The highest BCUT2D eigenvalue weighted by atomic mass is 19.1. The first-order valence-corrected chi connectivity index (χ1v) is 5.68. The van der Waals surface area contributed by atoms with Gasteiger partial charge in [0.05, 0.1) is 12.2 Å². The zero-order chi connectivity index (χ0) is 13.5. The lowest BCUT2D eigenvalue weighted by Gasteiger charge is -2.09. The summed E-state index contributed by atoms with van der Waals surface area (Å²) in [4.78, 5) is 22.3. The summed E-state index contributed by atoms with van der Waals surface area (Å²) in [6, 6.07) is 3.81. The molecule has 5 heteroatoms. The minimum atomic E-state index is -0.474. The molecule has 0 aromatic heterocycles. The molecule has 0 spiro atoms. The molecule has 1 amide bonds. The number of carbonyl (C=O) groups is 2. The molecular formula is C13H16FNO3. The van der Waals surface area contributed by atoms with Gasteiger partial charge in [-0.05, 0) is 31.5 Å². The molecule has 98 valence electrons. The monoisotopic (exact) mass is 253 g/mol. The fraction of sp³-hybridized carbons (Fsp3) is 0.385. The number of amides is 1. The van der Waals surface area contributed by atoms with Crippen LogP contribution in [0.2, 0.25) is 0 Å². The molecular weight excluding hydrogens is 237 g/mol. The van der Waals surface area contributed by atoms with Gasteiger partial charge in [-0.25, -0.2) is 4.39 Å². The van der Waals surface area contributed by atoms with Crippen LogP contribution in [0.4, 0.5) is 4.39 Å². The number of ketones is 1. The van der Waals surface area contributed by atoms with E-state index >= 15 is 0 Å². The summed E-state index contributed by atoms with van der Waals surface area (Å²) in [6.45, 7) is 1.66. The maximum atomic E-state index is 13.0. The SMILES string of the molecule is CNC(=O)CCCOc1ccc(F)cc1C(C)=O. The number of rotatable bonds is 6. The number of nitrogens with one attached hydrogen (secondary N) is 1. The third kappa shape index (κ3) is 4.16.